The van der Waals surface area contributed by atoms with Crippen LogP contribution in [0.5, 0.6) is 0 Å². The Labute approximate surface area is 124 Å². The van der Waals surface area contributed by atoms with Gasteiger partial charge in [-0.3, -0.25) is 0 Å². The highest BCUT2D eigenvalue weighted by Crippen LogP contribution is 2.44. The second kappa shape index (κ2) is 4.90. The van der Waals surface area contributed by atoms with Crippen LogP contribution >= 0.6 is 23.5 Å². The number of allylic oxidation sites excluding steroid dienone is 2. The maximum absolute atomic E-state index is 2.64. The van der Waals surface area contributed by atoms with Gasteiger partial charge < -0.3 is 9.80 Å². The van der Waals surface area contributed by atoms with E-state index >= 15 is 0 Å². The van der Waals surface area contributed by atoms with Gasteiger partial charge in [0.1, 0.15) is 0 Å². The van der Waals surface area contributed by atoms with Crippen LogP contribution < -0.4 is 0 Å². The molecule has 5 rings (SSSR count). The fourth-order valence-electron chi connectivity index (χ4n) is 3.70. The minimum absolute atomic E-state index is 0.715. The van der Waals surface area contributed by atoms with Gasteiger partial charge in [0.15, 0.2) is 0 Å². The third-order valence-corrected chi connectivity index (χ3v) is 6.96. The SMILES string of the molecule is CSC1=C2C=CN([C@H]3CN4CCC3CC4)C=C2SC1. The van der Waals surface area contributed by atoms with Crippen molar-refractivity contribution in [1.82, 2.24) is 9.80 Å². The standard InChI is InChI=1S/C15H20N2S2/c1-18-15-10-19-14-9-17(7-4-12(14)15)13-8-16-5-2-11(13)3-6-16/h4,7,9,11,13H,2-3,5-6,8,10H2,1H3/t13-/m0/s1. The summed E-state index contributed by atoms with van der Waals surface area (Å²) in [5.74, 6) is 2.07. The molecule has 102 valence electrons. The van der Waals surface area contributed by atoms with Crippen molar-refractivity contribution in [2.75, 3.05) is 31.6 Å². The van der Waals surface area contributed by atoms with Crippen LogP contribution in [0.25, 0.3) is 0 Å². The van der Waals surface area contributed by atoms with Gasteiger partial charge in [-0.05, 0) is 44.2 Å². The Kier molecular flexibility index (Phi) is 3.20. The zero-order chi connectivity index (χ0) is 12.8. The van der Waals surface area contributed by atoms with Gasteiger partial charge in [-0.15, -0.1) is 23.5 Å². The number of thioether (sulfide) groups is 2. The summed E-state index contributed by atoms with van der Waals surface area (Å²) in [6.45, 7) is 3.91. The Balaban J connectivity index is 1.58. The summed E-state index contributed by atoms with van der Waals surface area (Å²) in [5, 5.41) is 0. The monoisotopic (exact) mass is 292 g/mol. The quantitative estimate of drug-likeness (QED) is 0.771. The van der Waals surface area contributed by atoms with E-state index in [0.29, 0.717) is 6.04 Å². The van der Waals surface area contributed by atoms with E-state index in [9.17, 15) is 0 Å². The summed E-state index contributed by atoms with van der Waals surface area (Å²) < 4.78 is 0. The summed E-state index contributed by atoms with van der Waals surface area (Å²) >= 11 is 3.91. The Morgan fingerprint density at radius 3 is 2.84 bits per heavy atom. The lowest BCUT2D eigenvalue weighted by molar-refractivity contribution is 0.0413. The number of hydrogen-bond acceptors (Lipinski definition) is 4. The van der Waals surface area contributed by atoms with E-state index in [0.717, 1.165) is 5.92 Å². The Hall–Kier alpha value is -0.320. The molecule has 0 aromatic rings. The van der Waals surface area contributed by atoms with E-state index in [1.54, 1.807) is 4.91 Å². The maximum atomic E-state index is 2.64. The predicted octanol–water partition coefficient (Wildman–Crippen LogP) is 3.12. The van der Waals surface area contributed by atoms with E-state index in [2.05, 4.69) is 34.5 Å². The minimum atomic E-state index is 0.715. The molecule has 5 heterocycles. The van der Waals surface area contributed by atoms with Gasteiger partial charge in [-0.2, -0.15) is 0 Å². The van der Waals surface area contributed by atoms with Crippen molar-refractivity contribution in [1.29, 1.82) is 0 Å². The number of nitrogens with zero attached hydrogens (tertiary/aromatic N) is 2. The van der Waals surface area contributed by atoms with Crippen molar-refractivity contribution in [3.8, 4) is 0 Å². The molecule has 0 N–H and O–H groups in total. The molecule has 4 heteroatoms. The van der Waals surface area contributed by atoms with Crippen LogP contribution in [0, 0.1) is 5.92 Å². The molecule has 19 heavy (non-hydrogen) atoms. The van der Waals surface area contributed by atoms with Crippen LogP contribution in [0.3, 0.4) is 0 Å². The normalized spacial score (nSPS) is 36.8. The van der Waals surface area contributed by atoms with Crippen LogP contribution in [-0.4, -0.2) is 47.5 Å². The molecular weight excluding hydrogens is 272 g/mol. The average Bonchev–Trinajstić information content (AvgIpc) is 2.90. The minimum Gasteiger partial charge on any atom is -0.349 e. The molecule has 2 nitrogen and oxygen atoms in total. The van der Waals surface area contributed by atoms with E-state index in [-0.39, 0.29) is 0 Å². The largest absolute Gasteiger partial charge is 0.349 e. The van der Waals surface area contributed by atoms with Gasteiger partial charge in [-0.1, -0.05) is 0 Å². The van der Waals surface area contributed by atoms with Gasteiger partial charge in [0.05, 0.1) is 0 Å². The zero-order valence-corrected chi connectivity index (χ0v) is 13.0. The van der Waals surface area contributed by atoms with Gasteiger partial charge in [0.25, 0.3) is 0 Å². The molecular formula is C15H20N2S2. The lowest BCUT2D eigenvalue weighted by Gasteiger charge is -2.48. The smallest absolute Gasteiger partial charge is 0.0487 e. The molecule has 1 atom stereocenters. The zero-order valence-electron chi connectivity index (χ0n) is 11.3. The molecule has 0 amide bonds. The average molecular weight is 292 g/mol. The number of piperidine rings is 3. The molecule has 3 fully saturated rings. The molecule has 0 unspecified atom stereocenters. The van der Waals surface area contributed by atoms with Crippen molar-refractivity contribution < 1.29 is 0 Å². The summed E-state index contributed by atoms with van der Waals surface area (Å²) in [6, 6.07) is 0.715. The van der Waals surface area contributed by atoms with E-state index in [1.807, 2.05) is 23.5 Å². The van der Waals surface area contributed by atoms with Crippen molar-refractivity contribution in [3.05, 3.63) is 33.9 Å². The van der Waals surface area contributed by atoms with E-state index < -0.39 is 0 Å². The molecule has 0 spiro atoms. The first-order chi connectivity index (χ1) is 9.35. The van der Waals surface area contributed by atoms with Crippen molar-refractivity contribution >= 4 is 23.5 Å². The summed E-state index contributed by atoms with van der Waals surface area (Å²) in [5.41, 5.74) is 1.48. The molecule has 5 aliphatic rings. The molecule has 0 saturated carbocycles. The molecule has 0 aliphatic carbocycles. The van der Waals surface area contributed by atoms with Gasteiger partial charge in [-0.25, -0.2) is 0 Å². The second-order valence-electron chi connectivity index (χ2n) is 5.79. The molecule has 0 aromatic carbocycles. The highest BCUT2D eigenvalue weighted by Gasteiger charge is 2.37. The van der Waals surface area contributed by atoms with Gasteiger partial charge in [0.2, 0.25) is 0 Å². The van der Waals surface area contributed by atoms with Gasteiger partial charge >= 0.3 is 0 Å². The van der Waals surface area contributed by atoms with Crippen molar-refractivity contribution in [2.24, 2.45) is 5.92 Å². The predicted molar refractivity (Wildman–Crippen MR) is 85.0 cm³/mol. The van der Waals surface area contributed by atoms with Crippen LogP contribution in [0.4, 0.5) is 0 Å². The second-order valence-corrected chi connectivity index (χ2v) is 7.71. The third-order valence-electron chi connectivity index (χ3n) is 4.86. The Morgan fingerprint density at radius 1 is 1.32 bits per heavy atom. The van der Waals surface area contributed by atoms with Crippen LogP contribution in [0.2, 0.25) is 0 Å². The number of hydrogen-bond donors (Lipinski definition) is 0. The fraction of sp³-hybridized carbons (Fsp3) is 0.600. The van der Waals surface area contributed by atoms with Crippen molar-refractivity contribution in [3.63, 3.8) is 0 Å². The summed E-state index contributed by atoms with van der Waals surface area (Å²) in [7, 11) is 0. The number of rotatable bonds is 2. The lowest BCUT2D eigenvalue weighted by Crippen LogP contribution is -2.55. The first kappa shape index (κ1) is 12.4. The Morgan fingerprint density at radius 2 is 2.16 bits per heavy atom. The summed E-state index contributed by atoms with van der Waals surface area (Å²) in [6.07, 6.45) is 12.1. The van der Waals surface area contributed by atoms with E-state index in [4.69, 9.17) is 0 Å². The third kappa shape index (κ3) is 2.08. The molecule has 2 bridgehead atoms. The highest BCUT2D eigenvalue weighted by atomic mass is 32.2. The Bertz CT molecular complexity index is 473. The summed E-state index contributed by atoms with van der Waals surface area (Å²) in [4.78, 5) is 8.17. The lowest BCUT2D eigenvalue weighted by atomic mass is 9.83. The maximum Gasteiger partial charge on any atom is 0.0487 e. The number of fused-ring (bicyclic) bond motifs is 4. The van der Waals surface area contributed by atoms with Crippen LogP contribution in [0.15, 0.2) is 33.9 Å². The first-order valence-corrected chi connectivity index (χ1v) is 9.36. The topological polar surface area (TPSA) is 6.48 Å². The molecule has 5 aliphatic heterocycles. The first-order valence-electron chi connectivity index (χ1n) is 7.15. The van der Waals surface area contributed by atoms with E-state index in [1.165, 1.54) is 48.7 Å². The van der Waals surface area contributed by atoms with Gasteiger partial charge in [0, 0.05) is 46.1 Å². The van der Waals surface area contributed by atoms with Crippen LogP contribution in [-0.2, 0) is 0 Å². The fourth-order valence-corrected chi connectivity index (χ4v) is 5.80. The highest BCUT2D eigenvalue weighted by molar-refractivity contribution is 8.08. The van der Waals surface area contributed by atoms with Crippen LogP contribution in [0.1, 0.15) is 12.8 Å². The molecule has 0 aromatic heterocycles. The molecule has 0 radical (unpaired) electrons. The molecule has 3 saturated heterocycles. The van der Waals surface area contributed by atoms with Crippen molar-refractivity contribution in [2.45, 2.75) is 18.9 Å².